The van der Waals surface area contributed by atoms with E-state index in [1.165, 1.54) is 5.56 Å². The van der Waals surface area contributed by atoms with Crippen LogP contribution in [0.5, 0.6) is 0 Å². The van der Waals surface area contributed by atoms with E-state index >= 15 is 0 Å². The molecule has 0 saturated heterocycles. The molecular formula is C19H16N8. The highest BCUT2D eigenvalue weighted by Crippen LogP contribution is 2.40. The molecule has 0 aliphatic heterocycles. The molecule has 132 valence electrons. The Morgan fingerprint density at radius 3 is 2.59 bits per heavy atom. The van der Waals surface area contributed by atoms with Crippen LogP contribution in [0.3, 0.4) is 0 Å². The number of nitrogens with zero attached hydrogens (tertiary/aromatic N) is 5. The molecule has 27 heavy (non-hydrogen) atoms. The average Bonchev–Trinajstić information content (AvgIpc) is 3.31. The van der Waals surface area contributed by atoms with Crippen LogP contribution in [-0.4, -0.2) is 27.0 Å². The third kappa shape index (κ3) is 2.94. The molecular weight excluding hydrogens is 340 g/mol. The molecule has 8 heteroatoms. The number of anilines is 3. The molecule has 4 rings (SSSR count). The second-order valence-electron chi connectivity index (χ2n) is 6.17. The van der Waals surface area contributed by atoms with E-state index in [-0.39, 0.29) is 23.3 Å². The van der Waals surface area contributed by atoms with Crippen LogP contribution in [-0.2, 0) is 6.42 Å². The lowest BCUT2D eigenvalue weighted by atomic mass is 9.97. The molecule has 1 aromatic carbocycles. The third-order valence-corrected chi connectivity index (χ3v) is 4.64. The number of nitrogens with one attached hydrogen (secondary N) is 3. The maximum absolute atomic E-state index is 9.06. The molecule has 0 amide bonds. The van der Waals surface area contributed by atoms with Gasteiger partial charge in [-0.05, 0) is 18.4 Å². The quantitative estimate of drug-likeness (QED) is 0.656. The predicted octanol–water partition coefficient (Wildman–Crippen LogP) is 2.81. The molecule has 0 radical (unpaired) electrons. The number of rotatable bonds is 4. The molecule has 2 aromatic heterocycles. The van der Waals surface area contributed by atoms with Gasteiger partial charge in [0.1, 0.15) is 18.0 Å². The van der Waals surface area contributed by atoms with E-state index < -0.39 is 0 Å². The Morgan fingerprint density at radius 1 is 1.11 bits per heavy atom. The number of benzene rings is 1. The normalized spacial score (nSPS) is 14.9. The number of aromatic nitrogens is 4. The first kappa shape index (κ1) is 16.6. The summed E-state index contributed by atoms with van der Waals surface area (Å²) in [6, 6.07) is 14.1. The maximum Gasteiger partial charge on any atom is 0.231 e. The molecule has 3 N–H and O–H groups in total. The molecule has 0 spiro atoms. The summed E-state index contributed by atoms with van der Waals surface area (Å²) in [7, 11) is 1.83. The molecule has 1 aliphatic rings. The minimum absolute atomic E-state index is 0.0390. The van der Waals surface area contributed by atoms with Crippen molar-refractivity contribution in [3.05, 3.63) is 58.5 Å². The fourth-order valence-electron chi connectivity index (χ4n) is 3.43. The number of hydrogen-bond acceptors (Lipinski definition) is 7. The van der Waals surface area contributed by atoms with Crippen LogP contribution in [0.15, 0.2) is 30.3 Å². The van der Waals surface area contributed by atoms with E-state index in [9.17, 15) is 0 Å². The maximum atomic E-state index is 9.06. The van der Waals surface area contributed by atoms with Crippen molar-refractivity contribution < 1.29 is 0 Å². The van der Waals surface area contributed by atoms with Gasteiger partial charge < -0.3 is 10.3 Å². The van der Waals surface area contributed by atoms with Crippen molar-refractivity contribution in [2.45, 2.75) is 18.8 Å². The zero-order valence-corrected chi connectivity index (χ0v) is 14.6. The van der Waals surface area contributed by atoms with Crippen molar-refractivity contribution in [1.29, 1.82) is 10.5 Å². The second kappa shape index (κ2) is 6.77. The van der Waals surface area contributed by atoms with Crippen LogP contribution in [0.2, 0.25) is 0 Å². The van der Waals surface area contributed by atoms with Crippen molar-refractivity contribution in [1.82, 2.24) is 19.9 Å². The van der Waals surface area contributed by atoms with Crippen LogP contribution in [0.1, 0.15) is 40.5 Å². The molecule has 0 fully saturated rings. The van der Waals surface area contributed by atoms with Gasteiger partial charge in [-0.25, -0.2) is 9.97 Å². The zero-order valence-electron chi connectivity index (χ0n) is 14.6. The van der Waals surface area contributed by atoms with E-state index in [1.54, 1.807) is 0 Å². The Hall–Kier alpha value is -3.91. The van der Waals surface area contributed by atoms with Gasteiger partial charge in [-0.1, -0.05) is 30.3 Å². The SMILES string of the molecule is CNc1nc(Nc2nc(C#N)c(C#N)[nH]2)nc2c1CCC2c1ccccc1. The van der Waals surface area contributed by atoms with Crippen molar-refractivity contribution in [2.75, 3.05) is 17.7 Å². The van der Waals surface area contributed by atoms with Crippen LogP contribution < -0.4 is 10.6 Å². The number of hydrogen-bond donors (Lipinski definition) is 3. The van der Waals surface area contributed by atoms with Crippen molar-refractivity contribution >= 4 is 17.7 Å². The van der Waals surface area contributed by atoms with Gasteiger partial charge >= 0.3 is 0 Å². The first-order valence-corrected chi connectivity index (χ1v) is 8.54. The minimum Gasteiger partial charge on any atom is -0.373 e. The van der Waals surface area contributed by atoms with Gasteiger partial charge in [0.25, 0.3) is 0 Å². The van der Waals surface area contributed by atoms with E-state index in [1.807, 2.05) is 37.4 Å². The highest BCUT2D eigenvalue weighted by molar-refractivity contribution is 5.58. The van der Waals surface area contributed by atoms with Crippen LogP contribution in [0.25, 0.3) is 0 Å². The number of H-pyrrole nitrogens is 1. The van der Waals surface area contributed by atoms with Gasteiger partial charge in [-0.3, -0.25) is 5.32 Å². The number of fused-ring (bicyclic) bond motifs is 1. The van der Waals surface area contributed by atoms with Crippen LogP contribution in [0.4, 0.5) is 17.7 Å². The van der Waals surface area contributed by atoms with E-state index in [4.69, 9.17) is 15.5 Å². The predicted molar refractivity (Wildman–Crippen MR) is 99.5 cm³/mol. The molecule has 1 atom stereocenters. The Balaban J connectivity index is 1.73. The zero-order chi connectivity index (χ0) is 18.8. The summed E-state index contributed by atoms with van der Waals surface area (Å²) in [6.45, 7) is 0. The van der Waals surface area contributed by atoms with Crippen molar-refractivity contribution in [3.8, 4) is 12.1 Å². The fourth-order valence-corrected chi connectivity index (χ4v) is 3.43. The molecule has 2 heterocycles. The summed E-state index contributed by atoms with van der Waals surface area (Å²) in [5, 5.41) is 24.2. The lowest BCUT2D eigenvalue weighted by Crippen LogP contribution is -2.08. The molecule has 3 aromatic rings. The van der Waals surface area contributed by atoms with Crippen LogP contribution >= 0.6 is 0 Å². The first-order chi connectivity index (χ1) is 13.2. The summed E-state index contributed by atoms with van der Waals surface area (Å²) in [6.07, 6.45) is 1.88. The molecule has 0 saturated carbocycles. The number of nitriles is 2. The number of aromatic amines is 1. The Bertz CT molecular complexity index is 1040. The second-order valence-corrected chi connectivity index (χ2v) is 6.17. The van der Waals surface area contributed by atoms with Gasteiger partial charge in [-0.2, -0.15) is 15.5 Å². The number of imidazole rings is 1. The average molecular weight is 356 g/mol. The Labute approximate surface area is 155 Å². The first-order valence-electron chi connectivity index (χ1n) is 8.54. The van der Waals surface area contributed by atoms with Crippen molar-refractivity contribution in [2.24, 2.45) is 0 Å². The Kier molecular flexibility index (Phi) is 4.15. The summed E-state index contributed by atoms with van der Waals surface area (Å²) < 4.78 is 0. The smallest absolute Gasteiger partial charge is 0.231 e. The monoisotopic (exact) mass is 356 g/mol. The van der Waals surface area contributed by atoms with E-state index in [0.717, 1.165) is 29.9 Å². The summed E-state index contributed by atoms with van der Waals surface area (Å²) in [4.78, 5) is 16.1. The van der Waals surface area contributed by atoms with E-state index in [0.29, 0.717) is 5.95 Å². The fraction of sp³-hybridized carbons (Fsp3) is 0.211. The molecule has 1 aliphatic carbocycles. The molecule has 0 bridgehead atoms. The lowest BCUT2D eigenvalue weighted by Gasteiger charge is -2.14. The summed E-state index contributed by atoms with van der Waals surface area (Å²) in [5.41, 5.74) is 3.47. The summed E-state index contributed by atoms with van der Waals surface area (Å²) >= 11 is 0. The van der Waals surface area contributed by atoms with Crippen LogP contribution in [0, 0.1) is 22.7 Å². The van der Waals surface area contributed by atoms with Gasteiger partial charge in [0.15, 0.2) is 11.4 Å². The topological polar surface area (TPSA) is 126 Å². The van der Waals surface area contributed by atoms with Gasteiger partial charge in [0.05, 0.1) is 5.69 Å². The van der Waals surface area contributed by atoms with Gasteiger partial charge in [0, 0.05) is 18.5 Å². The summed E-state index contributed by atoms with van der Waals surface area (Å²) in [5.74, 6) is 1.61. The Morgan fingerprint density at radius 2 is 1.93 bits per heavy atom. The molecule has 1 unspecified atom stereocenters. The molecule has 8 nitrogen and oxygen atoms in total. The van der Waals surface area contributed by atoms with Gasteiger partial charge in [-0.15, -0.1) is 0 Å². The highest BCUT2D eigenvalue weighted by Gasteiger charge is 2.29. The third-order valence-electron chi connectivity index (χ3n) is 4.64. The highest BCUT2D eigenvalue weighted by atomic mass is 15.2. The standard InChI is InChI=1S/C19H16N8/c1-22-17-13-8-7-12(11-5-3-2-4-6-11)16(13)25-19(26-17)27-18-23-14(9-20)15(10-21)24-18/h2-6,12H,7-8H2,1H3,(H3,22,23,24,25,26,27). The van der Waals surface area contributed by atoms with Crippen molar-refractivity contribution in [3.63, 3.8) is 0 Å². The minimum atomic E-state index is 0.0390. The largest absolute Gasteiger partial charge is 0.373 e. The van der Waals surface area contributed by atoms with Gasteiger partial charge in [0.2, 0.25) is 11.9 Å². The lowest BCUT2D eigenvalue weighted by molar-refractivity contribution is 0.772. The van der Waals surface area contributed by atoms with E-state index in [2.05, 4.69) is 37.7 Å².